The van der Waals surface area contributed by atoms with E-state index in [-0.39, 0.29) is 0 Å². The Morgan fingerprint density at radius 1 is 1.39 bits per heavy atom. The van der Waals surface area contributed by atoms with Crippen molar-refractivity contribution in [3.05, 3.63) is 33.8 Å². The highest BCUT2D eigenvalue weighted by Gasteiger charge is 2.28. The molecule has 1 fully saturated rings. The molecule has 0 aliphatic heterocycles. The third kappa shape index (κ3) is 2.18. The Bertz CT molecular complexity index is 558. The summed E-state index contributed by atoms with van der Waals surface area (Å²) in [6.07, 6.45) is 4.54. The fourth-order valence-electron chi connectivity index (χ4n) is 2.18. The van der Waals surface area contributed by atoms with Crippen LogP contribution >= 0.6 is 11.3 Å². The Hall–Kier alpha value is -1.26. The number of aromatic nitrogens is 2. The molecule has 2 aromatic rings. The molecule has 0 bridgehead atoms. The molecule has 94 valence electrons. The molecule has 0 saturated heterocycles. The minimum Gasteiger partial charge on any atom is -0.316 e. The van der Waals surface area contributed by atoms with E-state index in [4.69, 9.17) is 4.98 Å². The van der Waals surface area contributed by atoms with Gasteiger partial charge in [0.1, 0.15) is 0 Å². The summed E-state index contributed by atoms with van der Waals surface area (Å²) in [5.74, 6) is 1.55. The van der Waals surface area contributed by atoms with E-state index in [0.29, 0.717) is 5.92 Å². The van der Waals surface area contributed by atoms with Crippen LogP contribution in [0.2, 0.25) is 0 Å². The molecule has 3 nitrogen and oxygen atoms in total. The highest BCUT2D eigenvalue weighted by Crippen LogP contribution is 2.41. The van der Waals surface area contributed by atoms with Crippen molar-refractivity contribution >= 4 is 11.3 Å². The number of nitrogens with one attached hydrogen (secondary N) is 1. The van der Waals surface area contributed by atoms with Crippen molar-refractivity contribution in [3.63, 3.8) is 0 Å². The minimum absolute atomic E-state index is 0.661. The summed E-state index contributed by atoms with van der Waals surface area (Å²) in [5, 5.41) is 7.48. The molecule has 0 spiro atoms. The van der Waals surface area contributed by atoms with Gasteiger partial charge in [-0.3, -0.25) is 0 Å². The van der Waals surface area contributed by atoms with Gasteiger partial charge in [0.2, 0.25) is 0 Å². The first-order chi connectivity index (χ1) is 8.79. The van der Waals surface area contributed by atoms with Gasteiger partial charge in [-0.25, -0.2) is 9.97 Å². The Morgan fingerprint density at radius 3 is 2.83 bits per heavy atom. The topological polar surface area (TPSA) is 37.8 Å². The molecule has 2 heterocycles. The predicted octanol–water partition coefficient (Wildman–Crippen LogP) is 3.11. The monoisotopic (exact) mass is 259 g/mol. The van der Waals surface area contributed by atoms with E-state index in [1.807, 2.05) is 13.2 Å². The lowest BCUT2D eigenvalue weighted by molar-refractivity contribution is 0.784. The van der Waals surface area contributed by atoms with Crippen molar-refractivity contribution in [1.82, 2.24) is 15.3 Å². The van der Waals surface area contributed by atoms with Gasteiger partial charge in [0, 0.05) is 35.2 Å². The molecule has 1 N–H and O–H groups in total. The highest BCUT2D eigenvalue weighted by atomic mass is 32.1. The second kappa shape index (κ2) is 4.78. The van der Waals surface area contributed by atoms with Crippen LogP contribution in [0.5, 0.6) is 0 Å². The van der Waals surface area contributed by atoms with Gasteiger partial charge < -0.3 is 5.32 Å². The van der Waals surface area contributed by atoms with Gasteiger partial charge in [-0.15, -0.1) is 0 Å². The molecule has 1 aliphatic rings. The number of hydrogen-bond acceptors (Lipinski definition) is 4. The fraction of sp³-hybridized carbons (Fsp3) is 0.429. The number of aryl methyl sites for hydroxylation is 1. The first-order valence-corrected chi connectivity index (χ1v) is 7.27. The lowest BCUT2D eigenvalue weighted by Crippen LogP contribution is -2.10. The Kier molecular flexibility index (Phi) is 3.14. The molecule has 0 amide bonds. The maximum Gasteiger partial charge on any atom is 0.160 e. The molecule has 0 atom stereocenters. The maximum absolute atomic E-state index is 4.81. The van der Waals surface area contributed by atoms with Crippen LogP contribution in [0.4, 0.5) is 0 Å². The number of thiophene rings is 1. The summed E-state index contributed by atoms with van der Waals surface area (Å²) in [4.78, 5) is 9.34. The Balaban J connectivity index is 2.02. The van der Waals surface area contributed by atoms with E-state index >= 15 is 0 Å². The average Bonchev–Trinajstić information content (AvgIpc) is 3.13. The second-order valence-electron chi connectivity index (χ2n) is 4.88. The summed E-state index contributed by atoms with van der Waals surface area (Å²) in [6.45, 7) is 2.97. The third-order valence-electron chi connectivity index (χ3n) is 3.33. The summed E-state index contributed by atoms with van der Waals surface area (Å²) in [5.41, 5.74) is 4.94. The molecule has 0 aromatic carbocycles. The van der Waals surface area contributed by atoms with E-state index in [0.717, 1.165) is 12.4 Å². The van der Waals surface area contributed by atoms with Gasteiger partial charge in [-0.05, 0) is 37.8 Å². The molecule has 0 radical (unpaired) electrons. The van der Waals surface area contributed by atoms with Crippen molar-refractivity contribution < 1.29 is 0 Å². The normalized spacial score (nSPS) is 15.0. The van der Waals surface area contributed by atoms with Crippen molar-refractivity contribution in [2.24, 2.45) is 0 Å². The van der Waals surface area contributed by atoms with Crippen molar-refractivity contribution in [2.75, 3.05) is 7.05 Å². The molecule has 1 saturated carbocycles. The fourth-order valence-corrected chi connectivity index (χ4v) is 3.00. The first-order valence-electron chi connectivity index (χ1n) is 6.33. The largest absolute Gasteiger partial charge is 0.316 e. The SMILES string of the molecule is CNCc1cnc(-c2cscc2C)nc1C1CC1. The van der Waals surface area contributed by atoms with Crippen LogP contribution in [0.3, 0.4) is 0 Å². The van der Waals surface area contributed by atoms with Crippen LogP contribution < -0.4 is 5.32 Å². The number of hydrogen-bond donors (Lipinski definition) is 1. The standard InChI is InChI=1S/C14H17N3S/c1-9-7-18-8-12(9)14-16-6-11(5-15-2)13(17-14)10-3-4-10/h6-8,10,15H,3-5H2,1-2H3. The predicted molar refractivity (Wildman–Crippen MR) is 74.8 cm³/mol. The maximum atomic E-state index is 4.81. The highest BCUT2D eigenvalue weighted by molar-refractivity contribution is 7.08. The van der Waals surface area contributed by atoms with Gasteiger partial charge in [-0.2, -0.15) is 11.3 Å². The van der Waals surface area contributed by atoms with E-state index in [1.165, 1.54) is 35.2 Å². The van der Waals surface area contributed by atoms with Crippen LogP contribution in [-0.4, -0.2) is 17.0 Å². The molecule has 0 unspecified atom stereocenters. The van der Waals surface area contributed by atoms with Gasteiger partial charge >= 0.3 is 0 Å². The molecule has 3 rings (SSSR count). The molecule has 18 heavy (non-hydrogen) atoms. The molecular formula is C14H17N3S. The lowest BCUT2D eigenvalue weighted by Gasteiger charge is -2.09. The van der Waals surface area contributed by atoms with E-state index in [9.17, 15) is 0 Å². The van der Waals surface area contributed by atoms with Crippen LogP contribution in [0.1, 0.15) is 35.6 Å². The van der Waals surface area contributed by atoms with Gasteiger partial charge in [-0.1, -0.05) is 0 Å². The lowest BCUT2D eigenvalue weighted by atomic mass is 10.1. The van der Waals surface area contributed by atoms with Crippen LogP contribution in [-0.2, 0) is 6.54 Å². The Labute approximate surface area is 111 Å². The van der Waals surface area contributed by atoms with Crippen LogP contribution in [0, 0.1) is 6.92 Å². The Morgan fingerprint density at radius 2 is 2.22 bits per heavy atom. The molecular weight excluding hydrogens is 242 g/mol. The smallest absolute Gasteiger partial charge is 0.160 e. The second-order valence-corrected chi connectivity index (χ2v) is 5.62. The van der Waals surface area contributed by atoms with Crippen LogP contribution in [0.25, 0.3) is 11.4 Å². The van der Waals surface area contributed by atoms with Crippen molar-refractivity contribution in [3.8, 4) is 11.4 Å². The third-order valence-corrected chi connectivity index (χ3v) is 4.19. The van der Waals surface area contributed by atoms with Gasteiger partial charge in [0.25, 0.3) is 0 Å². The van der Waals surface area contributed by atoms with E-state index < -0.39 is 0 Å². The van der Waals surface area contributed by atoms with Gasteiger partial charge in [0.05, 0.1) is 5.69 Å². The summed E-state index contributed by atoms with van der Waals surface area (Å²) in [6, 6.07) is 0. The number of rotatable bonds is 4. The van der Waals surface area contributed by atoms with Crippen molar-refractivity contribution in [1.29, 1.82) is 0 Å². The molecule has 1 aliphatic carbocycles. The zero-order valence-electron chi connectivity index (χ0n) is 10.7. The summed E-state index contributed by atoms with van der Waals surface area (Å²) < 4.78 is 0. The van der Waals surface area contributed by atoms with E-state index in [2.05, 4.69) is 28.0 Å². The summed E-state index contributed by atoms with van der Waals surface area (Å²) in [7, 11) is 1.97. The quantitative estimate of drug-likeness (QED) is 0.916. The van der Waals surface area contributed by atoms with E-state index in [1.54, 1.807) is 11.3 Å². The zero-order chi connectivity index (χ0) is 12.5. The minimum atomic E-state index is 0.661. The molecule has 2 aromatic heterocycles. The van der Waals surface area contributed by atoms with Crippen LogP contribution in [0.15, 0.2) is 17.0 Å². The van der Waals surface area contributed by atoms with Gasteiger partial charge in [0.15, 0.2) is 5.82 Å². The average molecular weight is 259 g/mol. The first kappa shape index (κ1) is 11.8. The molecule has 4 heteroatoms. The summed E-state index contributed by atoms with van der Waals surface area (Å²) >= 11 is 1.71. The number of nitrogens with zero attached hydrogens (tertiary/aromatic N) is 2. The zero-order valence-corrected chi connectivity index (χ0v) is 11.5. The van der Waals surface area contributed by atoms with Crippen molar-refractivity contribution in [2.45, 2.75) is 32.2 Å².